The van der Waals surface area contributed by atoms with Crippen molar-refractivity contribution in [1.29, 1.82) is 5.26 Å². The second kappa shape index (κ2) is 4.28. The number of anilines is 1. The zero-order valence-electron chi connectivity index (χ0n) is 8.00. The molecule has 1 N–H and O–H groups in total. The molecule has 1 amide bonds. The Morgan fingerprint density at radius 1 is 1.57 bits per heavy atom. The smallest absolute Gasteiger partial charge is 0.411 e. The maximum atomic E-state index is 10.9. The van der Waals surface area contributed by atoms with Crippen molar-refractivity contribution in [2.45, 2.75) is 6.92 Å². The van der Waals surface area contributed by atoms with Gasteiger partial charge in [0.25, 0.3) is 0 Å². The number of nitriles is 1. The van der Waals surface area contributed by atoms with Crippen LogP contribution in [-0.4, -0.2) is 13.2 Å². The first-order chi connectivity index (χ1) is 6.67. The predicted octanol–water partition coefficient (Wildman–Crippen LogP) is 2.04. The molecule has 0 aromatic heterocycles. The zero-order valence-corrected chi connectivity index (χ0v) is 8.00. The van der Waals surface area contributed by atoms with Crippen molar-refractivity contribution >= 4 is 11.8 Å². The molecule has 0 bridgehead atoms. The Kier molecular flexibility index (Phi) is 3.08. The lowest BCUT2D eigenvalue weighted by atomic mass is 10.1. The minimum Gasteiger partial charge on any atom is -0.453 e. The van der Waals surface area contributed by atoms with Crippen molar-refractivity contribution in [3.63, 3.8) is 0 Å². The van der Waals surface area contributed by atoms with Crippen LogP contribution in [0.3, 0.4) is 0 Å². The lowest BCUT2D eigenvalue weighted by Crippen LogP contribution is -2.11. The summed E-state index contributed by atoms with van der Waals surface area (Å²) in [4.78, 5) is 10.9. The summed E-state index contributed by atoms with van der Waals surface area (Å²) >= 11 is 0. The number of nitrogens with one attached hydrogen (secondary N) is 1. The molecule has 0 saturated heterocycles. The van der Waals surface area contributed by atoms with Crippen molar-refractivity contribution in [2.75, 3.05) is 12.4 Å². The summed E-state index contributed by atoms with van der Waals surface area (Å²) in [5, 5.41) is 11.2. The number of nitrogens with zero attached hydrogens (tertiary/aromatic N) is 1. The minimum absolute atomic E-state index is 0.426. The SMILES string of the molecule is COC(=O)Nc1ccc(C)cc1C#N. The van der Waals surface area contributed by atoms with E-state index in [1.165, 1.54) is 7.11 Å². The van der Waals surface area contributed by atoms with E-state index in [4.69, 9.17) is 5.26 Å². The molecule has 4 heteroatoms. The quantitative estimate of drug-likeness (QED) is 0.737. The van der Waals surface area contributed by atoms with E-state index in [1.54, 1.807) is 12.1 Å². The number of aryl methyl sites for hydroxylation is 1. The van der Waals surface area contributed by atoms with E-state index < -0.39 is 6.09 Å². The van der Waals surface area contributed by atoms with E-state index in [0.717, 1.165) is 5.56 Å². The first-order valence-corrected chi connectivity index (χ1v) is 4.03. The summed E-state index contributed by atoms with van der Waals surface area (Å²) in [6.07, 6.45) is -0.578. The summed E-state index contributed by atoms with van der Waals surface area (Å²) < 4.78 is 4.42. The van der Waals surface area contributed by atoms with Crippen LogP contribution in [-0.2, 0) is 4.74 Å². The number of carbonyl (C=O) groups is 1. The van der Waals surface area contributed by atoms with Crippen LogP contribution in [0.1, 0.15) is 11.1 Å². The Morgan fingerprint density at radius 2 is 2.29 bits per heavy atom. The summed E-state index contributed by atoms with van der Waals surface area (Å²) in [5.74, 6) is 0. The van der Waals surface area contributed by atoms with E-state index in [1.807, 2.05) is 19.1 Å². The Hall–Kier alpha value is -2.02. The van der Waals surface area contributed by atoms with E-state index in [-0.39, 0.29) is 0 Å². The van der Waals surface area contributed by atoms with Gasteiger partial charge in [0.2, 0.25) is 0 Å². The number of methoxy groups -OCH3 is 1. The normalized spacial score (nSPS) is 8.93. The molecule has 1 aromatic rings. The van der Waals surface area contributed by atoms with Gasteiger partial charge < -0.3 is 4.74 Å². The van der Waals surface area contributed by atoms with Gasteiger partial charge in [0.15, 0.2) is 0 Å². The van der Waals surface area contributed by atoms with E-state index in [2.05, 4.69) is 10.1 Å². The molecule has 4 nitrogen and oxygen atoms in total. The average molecular weight is 190 g/mol. The molecular formula is C10H10N2O2. The fourth-order valence-electron chi connectivity index (χ4n) is 1.02. The van der Waals surface area contributed by atoms with E-state index >= 15 is 0 Å². The third kappa shape index (κ3) is 2.23. The number of hydrogen-bond donors (Lipinski definition) is 1. The van der Waals surface area contributed by atoms with Crippen molar-refractivity contribution in [3.8, 4) is 6.07 Å². The highest BCUT2D eigenvalue weighted by Crippen LogP contribution is 2.16. The molecule has 0 radical (unpaired) electrons. The largest absolute Gasteiger partial charge is 0.453 e. The van der Waals surface area contributed by atoms with Crippen LogP contribution in [0.15, 0.2) is 18.2 Å². The molecule has 0 fully saturated rings. The molecule has 1 aromatic carbocycles. The monoisotopic (exact) mass is 190 g/mol. The molecule has 0 saturated carbocycles. The van der Waals surface area contributed by atoms with Crippen molar-refractivity contribution in [3.05, 3.63) is 29.3 Å². The summed E-state index contributed by atoms with van der Waals surface area (Å²) in [5.41, 5.74) is 1.86. The van der Waals surface area contributed by atoms with Gasteiger partial charge in [0.1, 0.15) is 6.07 Å². The van der Waals surface area contributed by atoms with Gasteiger partial charge in [0, 0.05) is 0 Å². The van der Waals surface area contributed by atoms with Crippen molar-refractivity contribution < 1.29 is 9.53 Å². The van der Waals surface area contributed by atoms with Gasteiger partial charge in [-0.05, 0) is 24.6 Å². The molecule has 72 valence electrons. The average Bonchev–Trinajstić information content (AvgIpc) is 2.20. The molecular weight excluding hydrogens is 180 g/mol. The molecule has 0 aliphatic heterocycles. The molecule has 0 aliphatic rings. The van der Waals surface area contributed by atoms with Gasteiger partial charge in [-0.15, -0.1) is 0 Å². The maximum absolute atomic E-state index is 10.9. The van der Waals surface area contributed by atoms with Crippen LogP contribution in [0.5, 0.6) is 0 Å². The second-order valence-corrected chi connectivity index (χ2v) is 2.78. The summed E-state index contributed by atoms with van der Waals surface area (Å²) in [6.45, 7) is 1.88. The van der Waals surface area contributed by atoms with E-state index in [0.29, 0.717) is 11.3 Å². The van der Waals surface area contributed by atoms with Crippen LogP contribution in [0.25, 0.3) is 0 Å². The maximum Gasteiger partial charge on any atom is 0.411 e. The number of amides is 1. The zero-order chi connectivity index (χ0) is 10.6. The van der Waals surface area contributed by atoms with E-state index in [9.17, 15) is 4.79 Å². The van der Waals surface area contributed by atoms with Crippen molar-refractivity contribution in [1.82, 2.24) is 0 Å². The highest BCUT2D eigenvalue weighted by Gasteiger charge is 2.05. The Morgan fingerprint density at radius 3 is 2.86 bits per heavy atom. The predicted molar refractivity (Wildman–Crippen MR) is 51.9 cm³/mol. The highest BCUT2D eigenvalue weighted by atomic mass is 16.5. The highest BCUT2D eigenvalue weighted by molar-refractivity contribution is 5.86. The van der Waals surface area contributed by atoms with Crippen LogP contribution in [0.2, 0.25) is 0 Å². The standard InChI is InChI=1S/C10H10N2O2/c1-7-3-4-9(8(5-7)6-11)12-10(13)14-2/h3-5H,1-2H3,(H,12,13). The summed E-state index contributed by atoms with van der Waals surface area (Å²) in [7, 11) is 1.27. The van der Waals surface area contributed by atoms with Gasteiger partial charge in [-0.2, -0.15) is 5.26 Å². The Labute approximate surface area is 82.1 Å². The number of rotatable bonds is 1. The first kappa shape index (κ1) is 10.1. The number of ether oxygens (including phenoxy) is 1. The second-order valence-electron chi connectivity index (χ2n) is 2.78. The topological polar surface area (TPSA) is 62.1 Å². The van der Waals surface area contributed by atoms with Gasteiger partial charge in [0.05, 0.1) is 18.4 Å². The van der Waals surface area contributed by atoms with Crippen LogP contribution < -0.4 is 5.32 Å². The molecule has 0 atom stereocenters. The van der Waals surface area contributed by atoms with Gasteiger partial charge in [-0.25, -0.2) is 4.79 Å². The molecule has 1 rings (SSSR count). The fraction of sp³-hybridized carbons (Fsp3) is 0.200. The minimum atomic E-state index is -0.578. The molecule has 0 unspecified atom stereocenters. The van der Waals surface area contributed by atoms with Crippen LogP contribution in [0.4, 0.5) is 10.5 Å². The number of benzene rings is 1. The third-order valence-corrected chi connectivity index (χ3v) is 1.72. The van der Waals surface area contributed by atoms with Crippen LogP contribution in [0, 0.1) is 18.3 Å². The molecule has 0 spiro atoms. The molecule has 0 heterocycles. The van der Waals surface area contributed by atoms with Crippen molar-refractivity contribution in [2.24, 2.45) is 0 Å². The summed E-state index contributed by atoms with van der Waals surface area (Å²) in [6, 6.07) is 7.18. The van der Waals surface area contributed by atoms with Gasteiger partial charge in [-0.3, -0.25) is 5.32 Å². The molecule has 0 aliphatic carbocycles. The lowest BCUT2D eigenvalue weighted by molar-refractivity contribution is 0.187. The first-order valence-electron chi connectivity index (χ1n) is 4.03. The Bertz CT molecular complexity index is 394. The molecule has 14 heavy (non-hydrogen) atoms. The third-order valence-electron chi connectivity index (χ3n) is 1.72. The van der Waals surface area contributed by atoms with Crippen LogP contribution >= 0.6 is 0 Å². The number of carbonyl (C=O) groups excluding carboxylic acids is 1. The van der Waals surface area contributed by atoms with Gasteiger partial charge >= 0.3 is 6.09 Å². The fourth-order valence-corrected chi connectivity index (χ4v) is 1.02. The number of hydrogen-bond acceptors (Lipinski definition) is 3. The Balaban J connectivity index is 2.98. The lowest BCUT2D eigenvalue weighted by Gasteiger charge is -2.05. The van der Waals surface area contributed by atoms with Gasteiger partial charge in [-0.1, -0.05) is 6.07 Å².